The van der Waals surface area contributed by atoms with Gasteiger partial charge < -0.3 is 4.74 Å². The molecule has 0 aliphatic carbocycles. The minimum Gasteiger partial charge on any atom is -0.449 e. The summed E-state index contributed by atoms with van der Waals surface area (Å²) in [5, 5.41) is 0. The number of hydrogen-bond donors (Lipinski definition) is 0. The van der Waals surface area contributed by atoms with Crippen LogP contribution in [0.3, 0.4) is 0 Å². The van der Waals surface area contributed by atoms with Gasteiger partial charge in [0, 0.05) is 6.42 Å². The van der Waals surface area contributed by atoms with Crippen molar-refractivity contribution in [2.45, 2.75) is 30.8 Å². The third-order valence-electron chi connectivity index (χ3n) is 0.645. The van der Waals surface area contributed by atoms with Gasteiger partial charge in [-0.05, 0) is 36.4 Å². The van der Waals surface area contributed by atoms with Gasteiger partial charge in [0.25, 0.3) is 0 Å². The second-order valence-corrected chi connectivity index (χ2v) is 4.79. The van der Waals surface area contributed by atoms with E-state index in [2.05, 4.69) is 22.6 Å². The summed E-state index contributed by atoms with van der Waals surface area (Å²) in [7, 11) is 0. The van der Waals surface area contributed by atoms with Crippen molar-refractivity contribution >= 4 is 28.6 Å². The van der Waals surface area contributed by atoms with Crippen molar-refractivity contribution < 1.29 is 9.53 Å². The van der Waals surface area contributed by atoms with Crippen LogP contribution in [0.5, 0.6) is 0 Å². The van der Waals surface area contributed by atoms with Gasteiger partial charge in [0.1, 0.15) is 0 Å². The van der Waals surface area contributed by atoms with Crippen LogP contribution in [0.2, 0.25) is 0 Å². The smallest absolute Gasteiger partial charge is 0.306 e. The average Bonchev–Trinajstić information content (AvgIpc) is 1.62. The molecule has 0 aromatic heterocycles. The van der Waals surface area contributed by atoms with E-state index in [1.165, 1.54) is 0 Å². The second kappa shape index (κ2) is 3.39. The molecule has 0 atom stereocenters. The molecule has 0 aromatic rings. The fraction of sp³-hybridized carbons (Fsp3) is 0.833. The molecule has 0 saturated heterocycles. The third-order valence-corrected chi connectivity index (χ3v) is 0.865. The lowest BCUT2D eigenvalue weighted by Crippen LogP contribution is -2.19. The SMILES string of the molecule is CCC(=O)OC(C)(C)I. The van der Waals surface area contributed by atoms with E-state index in [4.69, 9.17) is 4.74 Å². The highest BCUT2D eigenvalue weighted by Gasteiger charge is 2.15. The van der Waals surface area contributed by atoms with Crippen LogP contribution >= 0.6 is 22.6 Å². The first-order valence-electron chi connectivity index (χ1n) is 2.86. The fourth-order valence-corrected chi connectivity index (χ4v) is 0.588. The molecule has 0 rings (SSSR count). The minimum absolute atomic E-state index is 0.144. The maximum absolute atomic E-state index is 10.6. The summed E-state index contributed by atoms with van der Waals surface area (Å²) in [6, 6.07) is 0. The Bertz CT molecular complexity index is 104. The Kier molecular flexibility index (Phi) is 3.46. The van der Waals surface area contributed by atoms with E-state index in [9.17, 15) is 4.79 Å². The zero-order chi connectivity index (χ0) is 7.49. The van der Waals surface area contributed by atoms with Gasteiger partial charge in [-0.1, -0.05) is 6.92 Å². The molecule has 9 heavy (non-hydrogen) atoms. The minimum atomic E-state index is -0.356. The van der Waals surface area contributed by atoms with Crippen molar-refractivity contribution in [1.29, 1.82) is 0 Å². The summed E-state index contributed by atoms with van der Waals surface area (Å²) in [5.74, 6) is -0.144. The molecule has 54 valence electrons. The number of hydrogen-bond acceptors (Lipinski definition) is 2. The van der Waals surface area contributed by atoms with Crippen molar-refractivity contribution in [3.05, 3.63) is 0 Å². The maximum Gasteiger partial charge on any atom is 0.306 e. The molecule has 0 aromatic carbocycles. The van der Waals surface area contributed by atoms with Crippen molar-refractivity contribution in [2.75, 3.05) is 0 Å². The first kappa shape index (κ1) is 9.20. The molecular weight excluding hydrogens is 231 g/mol. The summed E-state index contributed by atoms with van der Waals surface area (Å²) in [6.07, 6.45) is 0.451. The van der Waals surface area contributed by atoms with Gasteiger partial charge >= 0.3 is 5.97 Å². The van der Waals surface area contributed by atoms with E-state index in [-0.39, 0.29) is 9.58 Å². The van der Waals surface area contributed by atoms with Crippen LogP contribution in [-0.4, -0.2) is 9.58 Å². The van der Waals surface area contributed by atoms with Crippen molar-refractivity contribution in [1.82, 2.24) is 0 Å². The maximum atomic E-state index is 10.6. The van der Waals surface area contributed by atoms with Crippen molar-refractivity contribution in [3.63, 3.8) is 0 Å². The van der Waals surface area contributed by atoms with E-state index in [1.54, 1.807) is 6.92 Å². The number of rotatable bonds is 2. The molecule has 0 amide bonds. The predicted molar refractivity (Wildman–Crippen MR) is 44.5 cm³/mol. The molecule has 2 nitrogen and oxygen atoms in total. The van der Waals surface area contributed by atoms with E-state index in [0.717, 1.165) is 0 Å². The van der Waals surface area contributed by atoms with Crippen molar-refractivity contribution in [3.8, 4) is 0 Å². The Morgan fingerprint density at radius 1 is 1.67 bits per heavy atom. The van der Waals surface area contributed by atoms with Gasteiger partial charge in [0.2, 0.25) is 0 Å². The van der Waals surface area contributed by atoms with E-state index in [1.807, 2.05) is 13.8 Å². The predicted octanol–water partition coefficient (Wildman–Crippen LogP) is 2.11. The monoisotopic (exact) mass is 242 g/mol. The zero-order valence-electron chi connectivity index (χ0n) is 5.90. The number of ether oxygens (including phenoxy) is 1. The Morgan fingerprint density at radius 3 is 2.22 bits per heavy atom. The lowest BCUT2D eigenvalue weighted by atomic mass is 10.4. The van der Waals surface area contributed by atoms with Gasteiger partial charge in [-0.15, -0.1) is 0 Å². The van der Waals surface area contributed by atoms with Gasteiger partial charge in [0.15, 0.2) is 3.61 Å². The standard InChI is InChI=1S/C6H11IO2/c1-4-5(8)9-6(2,3)7/h4H2,1-3H3. The molecule has 0 N–H and O–H groups in total. The molecule has 0 fully saturated rings. The molecule has 0 aliphatic rings. The third kappa shape index (κ3) is 6.08. The summed E-state index contributed by atoms with van der Waals surface area (Å²) < 4.78 is 4.58. The normalized spacial score (nSPS) is 11.1. The van der Waals surface area contributed by atoms with Crippen LogP contribution in [0, 0.1) is 0 Å². The van der Waals surface area contributed by atoms with Gasteiger partial charge in [-0.25, -0.2) is 0 Å². The molecule has 0 heterocycles. The highest BCUT2D eigenvalue weighted by molar-refractivity contribution is 14.1. The molecule has 0 radical (unpaired) electrons. The van der Waals surface area contributed by atoms with Gasteiger partial charge in [0.05, 0.1) is 0 Å². The number of alkyl halides is 1. The topological polar surface area (TPSA) is 26.3 Å². The number of carbonyl (C=O) groups is 1. The van der Waals surface area contributed by atoms with Crippen LogP contribution < -0.4 is 0 Å². The summed E-state index contributed by atoms with van der Waals surface area (Å²) in [4.78, 5) is 10.6. The van der Waals surface area contributed by atoms with Crippen LogP contribution in [-0.2, 0) is 9.53 Å². The fourth-order valence-electron chi connectivity index (χ4n) is 0.343. The Morgan fingerprint density at radius 2 is 2.11 bits per heavy atom. The van der Waals surface area contributed by atoms with Gasteiger partial charge in [-0.3, -0.25) is 4.79 Å². The largest absolute Gasteiger partial charge is 0.449 e. The molecule has 0 unspecified atom stereocenters. The van der Waals surface area contributed by atoms with Crippen molar-refractivity contribution in [2.24, 2.45) is 0 Å². The summed E-state index contributed by atoms with van der Waals surface area (Å²) >= 11 is 2.07. The highest BCUT2D eigenvalue weighted by atomic mass is 127. The van der Waals surface area contributed by atoms with Crippen LogP contribution in [0.25, 0.3) is 0 Å². The average molecular weight is 242 g/mol. The van der Waals surface area contributed by atoms with Crippen LogP contribution in [0.4, 0.5) is 0 Å². The van der Waals surface area contributed by atoms with E-state index >= 15 is 0 Å². The highest BCUT2D eigenvalue weighted by Crippen LogP contribution is 2.18. The van der Waals surface area contributed by atoms with Crippen LogP contribution in [0.15, 0.2) is 0 Å². The molecule has 3 heteroatoms. The molecule has 0 bridgehead atoms. The Balaban J connectivity index is 3.60. The number of carbonyl (C=O) groups excluding carboxylic acids is 1. The number of esters is 1. The quantitative estimate of drug-likeness (QED) is 0.421. The van der Waals surface area contributed by atoms with E-state index in [0.29, 0.717) is 6.42 Å². The lowest BCUT2D eigenvalue weighted by molar-refractivity contribution is -0.147. The molecular formula is C6H11IO2. The molecule has 0 saturated carbocycles. The first-order chi connectivity index (χ1) is 3.95. The Hall–Kier alpha value is 0.200. The lowest BCUT2D eigenvalue weighted by Gasteiger charge is -2.16. The molecule has 0 spiro atoms. The molecule has 0 aliphatic heterocycles. The van der Waals surface area contributed by atoms with Gasteiger partial charge in [-0.2, -0.15) is 0 Å². The van der Waals surface area contributed by atoms with Crippen LogP contribution in [0.1, 0.15) is 27.2 Å². The van der Waals surface area contributed by atoms with E-state index < -0.39 is 0 Å². The summed E-state index contributed by atoms with van der Waals surface area (Å²) in [6.45, 7) is 5.48. The second-order valence-electron chi connectivity index (χ2n) is 2.19. The first-order valence-corrected chi connectivity index (χ1v) is 3.94. The Labute approximate surface area is 69.1 Å². The zero-order valence-corrected chi connectivity index (χ0v) is 8.06. The summed E-state index contributed by atoms with van der Waals surface area (Å²) in [5.41, 5.74) is 0. The number of halogens is 1.